The van der Waals surface area contributed by atoms with Crippen molar-refractivity contribution < 1.29 is 9.53 Å². The van der Waals surface area contributed by atoms with E-state index in [1.807, 2.05) is 18.7 Å². The molecule has 0 aliphatic heterocycles. The van der Waals surface area contributed by atoms with Gasteiger partial charge in [0.25, 0.3) is 0 Å². The molecule has 17 heavy (non-hydrogen) atoms. The van der Waals surface area contributed by atoms with Crippen LogP contribution in [0.15, 0.2) is 0 Å². The number of carbonyl (C=O) groups excluding carboxylic acids is 1. The number of thiocarbonyl (C=S) groups is 1. The lowest BCUT2D eigenvalue weighted by molar-refractivity contribution is -0.126. The summed E-state index contributed by atoms with van der Waals surface area (Å²) in [4.78, 5) is 14.3. The molecule has 0 spiro atoms. The van der Waals surface area contributed by atoms with E-state index in [4.69, 9.17) is 22.7 Å². The Balaban J connectivity index is 4.08. The first kappa shape index (κ1) is 16.3. The Morgan fingerprint density at radius 3 is 2.71 bits per heavy atom. The molecule has 0 bridgehead atoms. The van der Waals surface area contributed by atoms with E-state index < -0.39 is 0 Å². The quantitative estimate of drug-likeness (QED) is 0.456. The summed E-state index contributed by atoms with van der Waals surface area (Å²) in [7, 11) is 1.61. The zero-order valence-electron chi connectivity index (χ0n) is 10.9. The third-order valence-electron chi connectivity index (χ3n) is 2.58. The summed E-state index contributed by atoms with van der Waals surface area (Å²) in [6.07, 6.45) is 0.638. The number of carbonyl (C=O) groups is 1. The minimum atomic E-state index is -0.175. The van der Waals surface area contributed by atoms with Gasteiger partial charge in [-0.2, -0.15) is 0 Å². The molecule has 0 aliphatic carbocycles. The van der Waals surface area contributed by atoms with Crippen LogP contribution in [-0.2, 0) is 9.53 Å². The monoisotopic (exact) mass is 261 g/mol. The highest BCUT2D eigenvalue weighted by Crippen LogP contribution is 2.00. The summed E-state index contributed by atoms with van der Waals surface area (Å²) in [5, 5.41) is 2.82. The van der Waals surface area contributed by atoms with Crippen LogP contribution in [-0.4, -0.2) is 55.2 Å². The van der Waals surface area contributed by atoms with Gasteiger partial charge >= 0.3 is 0 Å². The lowest BCUT2D eigenvalue weighted by Gasteiger charge is -2.26. The third kappa shape index (κ3) is 7.25. The molecule has 0 rings (SSSR count). The molecule has 0 aromatic heterocycles. The van der Waals surface area contributed by atoms with Crippen LogP contribution in [0.2, 0.25) is 0 Å². The highest BCUT2D eigenvalue weighted by atomic mass is 32.1. The standard InChI is InChI=1S/C11H23N3O2S/c1-4-14(7-5-10(12)17)9(2)11(15)13-6-8-16-3/h9H,4-8H2,1-3H3,(H2,12,17)(H,13,15). The first-order valence-corrected chi connectivity index (χ1v) is 6.22. The van der Waals surface area contributed by atoms with Crippen molar-refractivity contribution in [2.45, 2.75) is 26.3 Å². The fourth-order valence-electron chi connectivity index (χ4n) is 1.47. The number of ether oxygens (including phenoxy) is 1. The molecule has 3 N–H and O–H groups in total. The number of nitrogens with two attached hydrogens (primary N) is 1. The van der Waals surface area contributed by atoms with Gasteiger partial charge in [0.2, 0.25) is 5.91 Å². The summed E-state index contributed by atoms with van der Waals surface area (Å²) in [6, 6.07) is -0.175. The predicted molar refractivity (Wildman–Crippen MR) is 73.0 cm³/mol. The SMILES string of the molecule is CCN(CCC(N)=S)C(C)C(=O)NCCOC. The van der Waals surface area contributed by atoms with Crippen molar-refractivity contribution in [3.05, 3.63) is 0 Å². The number of likely N-dealkylation sites (N-methyl/N-ethyl adjacent to an activating group) is 1. The van der Waals surface area contributed by atoms with Gasteiger partial charge in [-0.15, -0.1) is 0 Å². The second-order valence-electron chi connectivity index (χ2n) is 3.80. The van der Waals surface area contributed by atoms with E-state index in [2.05, 4.69) is 5.32 Å². The molecule has 0 aromatic rings. The molecule has 0 saturated carbocycles. The van der Waals surface area contributed by atoms with Gasteiger partial charge in [-0.3, -0.25) is 9.69 Å². The van der Waals surface area contributed by atoms with Crippen LogP contribution in [0.25, 0.3) is 0 Å². The Bertz CT molecular complexity index is 249. The van der Waals surface area contributed by atoms with Crippen LogP contribution >= 0.6 is 12.2 Å². The van der Waals surface area contributed by atoms with Crippen molar-refractivity contribution in [2.75, 3.05) is 33.4 Å². The van der Waals surface area contributed by atoms with Crippen LogP contribution in [0.4, 0.5) is 0 Å². The van der Waals surface area contributed by atoms with E-state index in [-0.39, 0.29) is 11.9 Å². The van der Waals surface area contributed by atoms with Crippen molar-refractivity contribution in [1.82, 2.24) is 10.2 Å². The number of hydrogen-bond acceptors (Lipinski definition) is 4. The van der Waals surface area contributed by atoms with E-state index in [0.29, 0.717) is 31.1 Å². The molecule has 0 saturated heterocycles. The summed E-state index contributed by atoms with van der Waals surface area (Å²) in [6.45, 7) is 6.46. The van der Waals surface area contributed by atoms with Crippen LogP contribution in [0.5, 0.6) is 0 Å². The third-order valence-corrected chi connectivity index (χ3v) is 2.79. The first-order chi connectivity index (χ1) is 8.02. The normalized spacial score (nSPS) is 12.5. The Morgan fingerprint density at radius 2 is 2.24 bits per heavy atom. The number of nitrogens with one attached hydrogen (secondary N) is 1. The summed E-state index contributed by atoms with van der Waals surface area (Å²) >= 11 is 4.83. The minimum absolute atomic E-state index is 0.00633. The van der Waals surface area contributed by atoms with Crippen LogP contribution in [0, 0.1) is 0 Å². The van der Waals surface area contributed by atoms with Gasteiger partial charge in [-0.05, 0) is 13.5 Å². The number of amides is 1. The maximum absolute atomic E-state index is 11.8. The second-order valence-corrected chi connectivity index (χ2v) is 4.33. The summed E-state index contributed by atoms with van der Waals surface area (Å²) < 4.78 is 4.88. The van der Waals surface area contributed by atoms with Crippen molar-refractivity contribution in [3.63, 3.8) is 0 Å². The molecular weight excluding hydrogens is 238 g/mol. The van der Waals surface area contributed by atoms with Crippen LogP contribution in [0.3, 0.4) is 0 Å². The van der Waals surface area contributed by atoms with Crippen LogP contribution < -0.4 is 11.1 Å². The van der Waals surface area contributed by atoms with Gasteiger partial charge in [0.15, 0.2) is 0 Å². The van der Waals surface area contributed by atoms with E-state index in [0.717, 1.165) is 6.54 Å². The number of rotatable bonds is 9. The molecule has 1 atom stereocenters. The molecule has 5 nitrogen and oxygen atoms in total. The average molecular weight is 261 g/mol. The zero-order valence-corrected chi connectivity index (χ0v) is 11.7. The fraction of sp³-hybridized carbons (Fsp3) is 0.818. The maximum atomic E-state index is 11.8. The van der Waals surface area contributed by atoms with Crippen molar-refractivity contribution in [3.8, 4) is 0 Å². The van der Waals surface area contributed by atoms with Crippen molar-refractivity contribution >= 4 is 23.1 Å². The second kappa shape index (κ2) is 9.32. The Labute approximate surface area is 109 Å². The molecule has 1 unspecified atom stereocenters. The van der Waals surface area contributed by atoms with E-state index >= 15 is 0 Å². The molecule has 100 valence electrons. The van der Waals surface area contributed by atoms with E-state index in [1.54, 1.807) is 7.11 Å². The highest BCUT2D eigenvalue weighted by molar-refractivity contribution is 7.80. The topological polar surface area (TPSA) is 67.6 Å². The average Bonchev–Trinajstić information content (AvgIpc) is 2.29. The number of nitrogens with zero attached hydrogens (tertiary/aromatic N) is 1. The largest absolute Gasteiger partial charge is 0.393 e. The maximum Gasteiger partial charge on any atom is 0.237 e. The Morgan fingerprint density at radius 1 is 1.59 bits per heavy atom. The van der Waals surface area contributed by atoms with Gasteiger partial charge in [0, 0.05) is 26.6 Å². The van der Waals surface area contributed by atoms with Gasteiger partial charge in [-0.1, -0.05) is 19.1 Å². The van der Waals surface area contributed by atoms with Gasteiger partial charge in [0.05, 0.1) is 17.6 Å². The number of methoxy groups -OCH3 is 1. The van der Waals surface area contributed by atoms with Crippen molar-refractivity contribution in [2.24, 2.45) is 5.73 Å². The summed E-state index contributed by atoms with van der Waals surface area (Å²) in [5.74, 6) is 0.00633. The first-order valence-electron chi connectivity index (χ1n) is 5.81. The fourth-order valence-corrected chi connectivity index (χ4v) is 1.56. The van der Waals surface area contributed by atoms with E-state index in [9.17, 15) is 4.79 Å². The van der Waals surface area contributed by atoms with Gasteiger partial charge in [0.1, 0.15) is 0 Å². The lowest BCUT2D eigenvalue weighted by atomic mass is 10.2. The molecule has 0 radical (unpaired) electrons. The van der Waals surface area contributed by atoms with Gasteiger partial charge < -0.3 is 15.8 Å². The van der Waals surface area contributed by atoms with Gasteiger partial charge in [-0.25, -0.2) is 0 Å². The Hall–Kier alpha value is -0.720. The molecule has 1 amide bonds. The van der Waals surface area contributed by atoms with E-state index in [1.165, 1.54) is 0 Å². The molecule has 6 heteroatoms. The van der Waals surface area contributed by atoms with Crippen LogP contribution in [0.1, 0.15) is 20.3 Å². The molecule has 0 aromatic carbocycles. The lowest BCUT2D eigenvalue weighted by Crippen LogP contribution is -2.46. The minimum Gasteiger partial charge on any atom is -0.393 e. The molecule has 0 heterocycles. The van der Waals surface area contributed by atoms with Crippen molar-refractivity contribution in [1.29, 1.82) is 0 Å². The summed E-state index contributed by atoms with van der Waals surface area (Å²) in [5.41, 5.74) is 5.46. The Kier molecular flexibility index (Phi) is 8.93. The molecule has 0 aliphatic rings. The number of hydrogen-bond donors (Lipinski definition) is 2. The highest BCUT2D eigenvalue weighted by Gasteiger charge is 2.19. The predicted octanol–water partition coefficient (Wildman–Crippen LogP) is 0.136. The zero-order chi connectivity index (χ0) is 13.3. The molecular formula is C11H23N3O2S. The molecule has 0 fully saturated rings. The smallest absolute Gasteiger partial charge is 0.237 e.